The number of aliphatic hydroxyl groups is 2. The number of fused-ring (bicyclic) bond motifs is 5. The first kappa shape index (κ1) is 55.3. The summed E-state index contributed by atoms with van der Waals surface area (Å²) in [6, 6.07) is 0.132. The van der Waals surface area contributed by atoms with Gasteiger partial charge in [-0.2, -0.15) is 5.10 Å². The molecule has 6 rings (SSSR count). The lowest BCUT2D eigenvalue weighted by Crippen LogP contribution is -2.62. The van der Waals surface area contributed by atoms with Gasteiger partial charge in [0.1, 0.15) is 30.2 Å². The first-order valence-electron chi connectivity index (χ1n) is 26.2. The number of aromatic nitrogens is 2. The van der Waals surface area contributed by atoms with Crippen molar-refractivity contribution >= 4 is 29.3 Å². The number of allylic oxidation sites excluding steroid dienone is 5. The molecule has 1 saturated carbocycles. The van der Waals surface area contributed by atoms with E-state index < -0.39 is 71.8 Å². The fraction of sp³-hybridized carbons (Fsp3) is 0.727. The molecule has 5 heterocycles. The smallest absolute Gasteiger partial charge is 0.329 e. The third-order valence-corrected chi connectivity index (χ3v) is 16.7. The number of methoxy groups -OCH3 is 2. The Labute approximate surface area is 417 Å². The zero-order chi connectivity index (χ0) is 51.0. The van der Waals surface area contributed by atoms with Crippen LogP contribution in [-0.4, -0.2) is 131 Å². The fourth-order valence-corrected chi connectivity index (χ4v) is 12.2. The Morgan fingerprint density at radius 2 is 1.66 bits per heavy atom. The van der Waals surface area contributed by atoms with Crippen molar-refractivity contribution in [3.8, 4) is 0 Å². The number of piperidine rings is 1. The Bertz CT molecular complexity index is 2080. The monoisotopic (exact) mass is 976 g/mol. The summed E-state index contributed by atoms with van der Waals surface area (Å²) >= 11 is 0. The van der Waals surface area contributed by atoms with Crippen molar-refractivity contribution in [3.63, 3.8) is 0 Å². The Morgan fingerprint density at radius 1 is 0.900 bits per heavy atom. The van der Waals surface area contributed by atoms with Crippen LogP contribution in [0.4, 0.5) is 5.82 Å². The Morgan fingerprint density at radius 3 is 2.36 bits per heavy atom. The highest BCUT2D eigenvalue weighted by atomic mass is 16.6. The average molecular weight is 976 g/mol. The van der Waals surface area contributed by atoms with Crippen LogP contribution >= 0.6 is 0 Å². The quantitative estimate of drug-likeness (QED) is 0.153. The summed E-state index contributed by atoms with van der Waals surface area (Å²) in [6.07, 6.45) is 18.6. The van der Waals surface area contributed by atoms with Gasteiger partial charge in [0, 0.05) is 58.8 Å². The number of ether oxygens (including phenoxy) is 4. The predicted octanol–water partition coefficient (Wildman–Crippen LogP) is 6.80. The van der Waals surface area contributed by atoms with Crippen molar-refractivity contribution in [2.24, 2.45) is 54.2 Å². The Hall–Kier alpha value is -3.99. The minimum absolute atomic E-state index is 0.0283. The van der Waals surface area contributed by atoms with E-state index in [1.807, 2.05) is 71.3 Å². The molecule has 70 heavy (non-hydrogen) atoms. The van der Waals surface area contributed by atoms with Crippen molar-refractivity contribution in [3.05, 3.63) is 59.9 Å². The molecule has 4 fully saturated rings. The van der Waals surface area contributed by atoms with Crippen molar-refractivity contribution in [2.45, 2.75) is 179 Å². The van der Waals surface area contributed by atoms with Crippen molar-refractivity contribution in [1.82, 2.24) is 14.7 Å². The summed E-state index contributed by atoms with van der Waals surface area (Å²) in [5.41, 5.74) is 8.28. The molecule has 4 N–H and O–H groups in total. The molecule has 15 nitrogen and oxygen atoms in total. The molecule has 5 aliphatic rings. The van der Waals surface area contributed by atoms with Gasteiger partial charge in [-0.05, 0) is 132 Å². The van der Waals surface area contributed by atoms with Gasteiger partial charge in [-0.15, -0.1) is 0 Å². The number of esters is 1. The molecule has 5 bridgehead atoms. The predicted molar refractivity (Wildman–Crippen MR) is 269 cm³/mol. The zero-order valence-corrected chi connectivity index (χ0v) is 43.7. The van der Waals surface area contributed by atoms with Crippen LogP contribution < -0.4 is 10.6 Å². The summed E-state index contributed by atoms with van der Waals surface area (Å²) < 4.78 is 26.3. The van der Waals surface area contributed by atoms with Gasteiger partial charge in [-0.25, -0.2) is 4.79 Å². The van der Waals surface area contributed by atoms with Crippen molar-refractivity contribution in [2.75, 3.05) is 32.7 Å². The molecule has 0 radical (unpaired) electrons. The number of ketones is 2. The summed E-state index contributed by atoms with van der Waals surface area (Å²) in [4.78, 5) is 60.9. The van der Waals surface area contributed by atoms with Crippen LogP contribution in [0.2, 0.25) is 0 Å². The third kappa shape index (κ3) is 13.2. The Balaban J connectivity index is 1.33. The number of anilines is 1. The molecule has 4 aliphatic heterocycles. The van der Waals surface area contributed by atoms with Crippen LogP contribution in [-0.2, 0) is 45.2 Å². The largest absolute Gasteiger partial charge is 0.461 e. The van der Waals surface area contributed by atoms with Crippen LogP contribution in [0.25, 0.3) is 0 Å². The zero-order valence-electron chi connectivity index (χ0n) is 43.7. The van der Waals surface area contributed by atoms with Gasteiger partial charge in [-0.1, -0.05) is 69.7 Å². The van der Waals surface area contributed by atoms with Gasteiger partial charge in [0.05, 0.1) is 24.4 Å². The first-order valence-corrected chi connectivity index (χ1v) is 26.2. The number of Topliss-reactive ketones (excluding diaryl/α,β-unsaturated/α-hetero) is 2. The topological polar surface area (TPSA) is 196 Å². The van der Waals surface area contributed by atoms with Gasteiger partial charge in [0.25, 0.3) is 11.7 Å². The molecular formula is C55H85N5O10. The van der Waals surface area contributed by atoms with Gasteiger partial charge < -0.3 is 44.7 Å². The van der Waals surface area contributed by atoms with Crippen molar-refractivity contribution < 1.29 is 48.3 Å². The maximum atomic E-state index is 14.5. The van der Waals surface area contributed by atoms with E-state index in [-0.39, 0.29) is 42.2 Å². The number of hydrogen-bond donors (Lipinski definition) is 3. The second kappa shape index (κ2) is 24.6. The molecule has 0 aromatic carbocycles. The minimum atomic E-state index is -2.40. The minimum Gasteiger partial charge on any atom is -0.461 e. The highest BCUT2D eigenvalue weighted by Gasteiger charge is 2.54. The van der Waals surface area contributed by atoms with E-state index >= 15 is 0 Å². The van der Waals surface area contributed by atoms with Gasteiger partial charge in [0.2, 0.25) is 5.79 Å². The molecule has 15 heteroatoms. The van der Waals surface area contributed by atoms with Gasteiger partial charge in [0.15, 0.2) is 5.78 Å². The van der Waals surface area contributed by atoms with E-state index in [2.05, 4.69) is 16.9 Å². The van der Waals surface area contributed by atoms with Gasteiger partial charge >= 0.3 is 5.97 Å². The number of hydrogen-bond acceptors (Lipinski definition) is 13. The lowest BCUT2D eigenvalue weighted by atomic mass is 9.72. The molecular weight excluding hydrogens is 891 g/mol. The van der Waals surface area contributed by atoms with E-state index in [0.717, 1.165) is 43.5 Å². The van der Waals surface area contributed by atoms with E-state index in [4.69, 9.17) is 24.7 Å². The number of likely N-dealkylation sites (N-methyl/N-ethyl adjacent to an activating group) is 1. The summed E-state index contributed by atoms with van der Waals surface area (Å²) in [6.45, 7) is 11.8. The second-order valence-corrected chi connectivity index (χ2v) is 21.9. The number of nitrogens with zero attached hydrogens (tertiary/aromatic N) is 4. The fourth-order valence-electron chi connectivity index (χ4n) is 12.2. The maximum Gasteiger partial charge on any atom is 0.329 e. The van der Waals surface area contributed by atoms with Crippen LogP contribution in [0.3, 0.4) is 0 Å². The molecule has 10 unspecified atom stereocenters. The lowest BCUT2D eigenvalue weighted by molar-refractivity contribution is -0.264. The molecule has 1 aliphatic carbocycles. The second-order valence-electron chi connectivity index (χ2n) is 21.9. The molecule has 390 valence electrons. The van der Waals surface area contributed by atoms with Crippen LogP contribution in [0, 0.1) is 41.4 Å². The van der Waals surface area contributed by atoms with E-state index in [9.17, 15) is 29.4 Å². The van der Waals surface area contributed by atoms with Crippen LogP contribution in [0.15, 0.2) is 59.9 Å². The number of rotatable bonds is 6. The van der Waals surface area contributed by atoms with Crippen LogP contribution in [0.5, 0.6) is 0 Å². The number of aliphatic hydroxyl groups excluding tert-OH is 1. The van der Waals surface area contributed by atoms with Crippen LogP contribution in [0.1, 0.15) is 125 Å². The highest BCUT2D eigenvalue weighted by molar-refractivity contribution is 6.39. The number of carbonyl (C=O) groups excluding carboxylic acids is 4. The number of amides is 1. The normalized spacial score (nSPS) is 40.6. The Kier molecular flexibility index (Phi) is 19.5. The molecule has 1 aromatic rings. The van der Waals surface area contributed by atoms with E-state index in [0.29, 0.717) is 68.8 Å². The molecule has 3 saturated heterocycles. The van der Waals surface area contributed by atoms with E-state index in [1.54, 1.807) is 37.9 Å². The maximum absolute atomic E-state index is 14.5. The molecule has 1 amide bonds. The summed E-state index contributed by atoms with van der Waals surface area (Å²) in [5, 5.41) is 28.2. The molecule has 16 atom stereocenters. The molecule has 0 spiro atoms. The van der Waals surface area contributed by atoms with Gasteiger partial charge in [-0.3, -0.25) is 19.1 Å². The van der Waals surface area contributed by atoms with E-state index in [1.165, 1.54) is 12.0 Å². The highest BCUT2D eigenvalue weighted by Crippen LogP contribution is 2.43. The van der Waals surface area contributed by atoms with Crippen molar-refractivity contribution in [1.29, 1.82) is 0 Å². The number of aryl methyl sites for hydroxylation is 1. The lowest BCUT2D eigenvalue weighted by Gasteiger charge is -2.46. The number of carbonyl (C=O) groups is 4. The third-order valence-electron chi connectivity index (χ3n) is 16.7. The molecule has 1 aromatic heterocycles. The average Bonchev–Trinajstić information content (AvgIpc) is 3.77. The number of nitrogens with two attached hydrogens (primary N) is 1. The standard InChI is InChI=1S/C55H85N5O10/c1-33-14-12-11-13-15-34(2)44(58(7)48-22-24-57-59(48)8)32-43-20-17-38(6)55(66,70-43)52(63)53(64)60-25-23-40-29-41(28-39-18-16-35(3)47(31-39)67-9)46(69-54(65)45(60)30-40)21-19-42(56)27-37(5)50(62)51(68-10)49(61)36(4)26-33/h11-15,22,24,27,33,35-36,38-47,50-51,62,66H,16-21,23,25-26,28-32,56H2,1-10H3/b13-11+,14-12+,34-15+,37-27+/t33-,35-,36?,38?,39?,40?,41?,42+,43?,44-,45?,46+,47?,50?,51+,55?/m1/s1. The SMILES string of the molecule is COC1CC(CC2CC3CCN4C(=O)C(=O)C5(O)OC(CCC5C)C[C@@H](N(C)c5ccnn5C)/C(C)=C/C=C/C=C/[C@@H](C)CC(C)C(=O)[C@H](OC)C(O)/C(C)=C/[C@@H](N)CC[C@@H]2OC(=O)C4C3)CC[C@H]1C. The first-order chi connectivity index (χ1) is 33.3. The summed E-state index contributed by atoms with van der Waals surface area (Å²) in [5.74, 6) is -4.35. The summed E-state index contributed by atoms with van der Waals surface area (Å²) in [7, 11) is 7.05.